The number of carboxylic acids is 1. The number of carboxylic acid groups (broad SMARTS) is 1. The number of fused-ring (bicyclic) bond motifs is 1. The lowest BCUT2D eigenvalue weighted by molar-refractivity contribution is 0.0693. The van der Waals surface area contributed by atoms with E-state index in [-0.39, 0.29) is 16.4 Å². The molecule has 0 aliphatic rings. The third-order valence-corrected chi connectivity index (χ3v) is 7.46. The predicted molar refractivity (Wildman–Crippen MR) is 124 cm³/mol. The van der Waals surface area contributed by atoms with E-state index in [1.807, 2.05) is 0 Å². The van der Waals surface area contributed by atoms with E-state index >= 15 is 0 Å². The SMILES string of the molecule is O=C(O)c1cc(S(=O)(=O)Nc2ccc(Cl)cc2NS(=O)(=O)c2cc3ccccc3o2)ccc1O. The van der Waals surface area contributed by atoms with Gasteiger partial charge in [0.1, 0.15) is 16.9 Å². The van der Waals surface area contributed by atoms with E-state index in [0.717, 1.165) is 18.2 Å². The normalized spacial score (nSPS) is 11.9. The Bertz CT molecular complexity index is 1610. The van der Waals surface area contributed by atoms with Crippen molar-refractivity contribution in [2.24, 2.45) is 0 Å². The summed E-state index contributed by atoms with van der Waals surface area (Å²) in [5.41, 5.74) is -0.663. The van der Waals surface area contributed by atoms with Crippen LogP contribution >= 0.6 is 11.6 Å². The summed E-state index contributed by atoms with van der Waals surface area (Å²) in [5.74, 6) is -2.14. The molecule has 3 aromatic carbocycles. The monoisotopic (exact) mass is 522 g/mol. The minimum atomic E-state index is -4.39. The lowest BCUT2D eigenvalue weighted by Crippen LogP contribution is -2.17. The lowest BCUT2D eigenvalue weighted by Gasteiger charge is -2.15. The number of hydrogen-bond acceptors (Lipinski definition) is 7. The first-order valence-corrected chi connectivity index (χ1v) is 12.7. The summed E-state index contributed by atoms with van der Waals surface area (Å²) >= 11 is 5.99. The zero-order valence-electron chi connectivity index (χ0n) is 16.9. The smallest absolute Gasteiger partial charge is 0.339 e. The van der Waals surface area contributed by atoms with Gasteiger partial charge in [-0.2, -0.15) is 8.42 Å². The number of aromatic carboxylic acids is 1. The molecule has 0 amide bonds. The first kappa shape index (κ1) is 23.4. The number of sulfonamides is 2. The van der Waals surface area contributed by atoms with Gasteiger partial charge in [-0.05, 0) is 42.5 Å². The maximum absolute atomic E-state index is 12.9. The topological polar surface area (TPSA) is 163 Å². The molecule has 0 bridgehead atoms. The van der Waals surface area contributed by atoms with Crippen molar-refractivity contribution < 1.29 is 36.3 Å². The van der Waals surface area contributed by atoms with Crippen LogP contribution in [0.1, 0.15) is 10.4 Å². The van der Waals surface area contributed by atoms with Crippen LogP contribution in [0.15, 0.2) is 81.1 Å². The second-order valence-electron chi connectivity index (χ2n) is 6.99. The van der Waals surface area contributed by atoms with Gasteiger partial charge in [-0.1, -0.05) is 29.8 Å². The molecule has 34 heavy (non-hydrogen) atoms. The largest absolute Gasteiger partial charge is 0.507 e. The minimum absolute atomic E-state index is 0.114. The second-order valence-corrected chi connectivity index (χ2v) is 10.7. The van der Waals surface area contributed by atoms with Crippen molar-refractivity contribution in [1.82, 2.24) is 0 Å². The molecule has 4 rings (SSSR count). The summed E-state index contributed by atoms with van der Waals surface area (Å²) in [5, 5.41) is 19.0. The van der Waals surface area contributed by atoms with Crippen molar-refractivity contribution in [3.05, 3.63) is 77.3 Å². The number of para-hydroxylation sites is 1. The van der Waals surface area contributed by atoms with Crippen LogP contribution in [0.25, 0.3) is 11.0 Å². The number of nitrogens with one attached hydrogen (secondary N) is 2. The van der Waals surface area contributed by atoms with Gasteiger partial charge in [0.25, 0.3) is 20.0 Å². The molecule has 0 saturated heterocycles. The molecule has 0 aliphatic carbocycles. The average molecular weight is 523 g/mol. The number of anilines is 2. The van der Waals surface area contributed by atoms with Crippen LogP contribution in [-0.2, 0) is 20.0 Å². The Balaban J connectivity index is 1.70. The standard InChI is InChI=1S/C21H15ClN2O8S2/c22-13-5-7-16(23-33(28,29)14-6-8-18(25)15(11-14)21(26)27)17(10-13)24-34(30,31)20-9-12-3-1-2-4-19(12)32-20/h1-11,23-25H,(H,26,27). The van der Waals surface area contributed by atoms with Crippen molar-refractivity contribution in [3.8, 4) is 5.75 Å². The van der Waals surface area contributed by atoms with Gasteiger partial charge < -0.3 is 14.6 Å². The molecule has 13 heteroatoms. The van der Waals surface area contributed by atoms with Crippen LogP contribution in [0.2, 0.25) is 5.02 Å². The average Bonchev–Trinajstić information content (AvgIpc) is 3.21. The molecule has 176 valence electrons. The number of aromatic hydroxyl groups is 1. The van der Waals surface area contributed by atoms with E-state index in [0.29, 0.717) is 11.0 Å². The van der Waals surface area contributed by atoms with Crippen molar-refractivity contribution in [3.63, 3.8) is 0 Å². The van der Waals surface area contributed by atoms with Crippen LogP contribution < -0.4 is 9.44 Å². The van der Waals surface area contributed by atoms with Crippen molar-refractivity contribution in [1.29, 1.82) is 0 Å². The summed E-state index contributed by atoms with van der Waals surface area (Å²) in [6.07, 6.45) is 0. The van der Waals surface area contributed by atoms with E-state index in [9.17, 15) is 26.7 Å². The van der Waals surface area contributed by atoms with Crippen LogP contribution in [-0.4, -0.2) is 33.0 Å². The zero-order chi connectivity index (χ0) is 24.7. The van der Waals surface area contributed by atoms with Crippen LogP contribution in [0.4, 0.5) is 11.4 Å². The summed E-state index contributed by atoms with van der Waals surface area (Å²) < 4.78 is 61.4. The van der Waals surface area contributed by atoms with Gasteiger partial charge in [0, 0.05) is 16.5 Å². The molecule has 4 N–H and O–H groups in total. The third-order valence-electron chi connectivity index (χ3n) is 4.65. The Kier molecular flexibility index (Phi) is 5.89. The first-order valence-electron chi connectivity index (χ1n) is 9.36. The summed E-state index contributed by atoms with van der Waals surface area (Å²) in [7, 11) is -8.67. The molecule has 1 heterocycles. The lowest BCUT2D eigenvalue weighted by atomic mass is 10.2. The molecule has 4 aromatic rings. The summed E-state index contributed by atoms with van der Waals surface area (Å²) in [4.78, 5) is 10.8. The molecule has 0 radical (unpaired) electrons. The maximum Gasteiger partial charge on any atom is 0.339 e. The van der Waals surface area contributed by atoms with E-state index < -0.39 is 47.3 Å². The van der Waals surface area contributed by atoms with Gasteiger partial charge in [-0.25, -0.2) is 13.2 Å². The highest BCUT2D eigenvalue weighted by Gasteiger charge is 2.24. The molecule has 0 saturated carbocycles. The van der Waals surface area contributed by atoms with Gasteiger partial charge in [0.05, 0.1) is 16.3 Å². The van der Waals surface area contributed by atoms with Crippen LogP contribution in [0.3, 0.4) is 0 Å². The van der Waals surface area contributed by atoms with E-state index in [1.54, 1.807) is 24.3 Å². The van der Waals surface area contributed by atoms with Gasteiger partial charge in [-0.15, -0.1) is 0 Å². The molecule has 0 unspecified atom stereocenters. The molecule has 0 fully saturated rings. The fourth-order valence-corrected chi connectivity index (χ4v) is 5.35. The molecular weight excluding hydrogens is 508 g/mol. The van der Waals surface area contributed by atoms with Crippen molar-refractivity contribution in [2.45, 2.75) is 9.99 Å². The minimum Gasteiger partial charge on any atom is -0.507 e. The quantitative estimate of drug-likeness (QED) is 0.282. The van der Waals surface area contributed by atoms with Crippen LogP contribution in [0, 0.1) is 0 Å². The van der Waals surface area contributed by atoms with Gasteiger partial charge in [0.15, 0.2) is 0 Å². The third kappa shape index (κ3) is 4.64. The number of phenols is 1. The van der Waals surface area contributed by atoms with E-state index in [2.05, 4.69) is 9.44 Å². The Morgan fingerprint density at radius 1 is 0.853 bits per heavy atom. The van der Waals surface area contributed by atoms with Crippen molar-refractivity contribution in [2.75, 3.05) is 9.44 Å². The fourth-order valence-electron chi connectivity index (χ4n) is 3.03. The molecular formula is C21H15ClN2O8S2. The summed E-state index contributed by atoms with van der Waals surface area (Å²) in [6.45, 7) is 0. The van der Waals surface area contributed by atoms with Gasteiger partial charge >= 0.3 is 5.97 Å². The number of furan rings is 1. The number of hydrogen-bond donors (Lipinski definition) is 4. The Morgan fingerprint density at radius 3 is 2.26 bits per heavy atom. The number of halogens is 1. The molecule has 0 atom stereocenters. The van der Waals surface area contributed by atoms with Gasteiger partial charge in [0.2, 0.25) is 5.09 Å². The number of carbonyl (C=O) groups is 1. The second kappa shape index (κ2) is 8.56. The van der Waals surface area contributed by atoms with E-state index in [4.69, 9.17) is 21.1 Å². The van der Waals surface area contributed by atoms with E-state index in [1.165, 1.54) is 24.3 Å². The molecule has 0 aliphatic heterocycles. The highest BCUT2D eigenvalue weighted by atomic mass is 35.5. The molecule has 10 nitrogen and oxygen atoms in total. The number of benzene rings is 3. The Morgan fingerprint density at radius 2 is 1.56 bits per heavy atom. The predicted octanol–water partition coefficient (Wildman–Crippen LogP) is 4.09. The maximum atomic E-state index is 12.9. The Labute approximate surface area is 198 Å². The highest BCUT2D eigenvalue weighted by molar-refractivity contribution is 7.93. The van der Waals surface area contributed by atoms with Crippen LogP contribution in [0.5, 0.6) is 5.75 Å². The van der Waals surface area contributed by atoms with Gasteiger partial charge in [-0.3, -0.25) is 9.44 Å². The molecule has 0 spiro atoms. The Hall–Kier alpha value is -3.74. The summed E-state index contributed by atoms with van der Waals surface area (Å²) in [6, 6.07) is 14.4. The fraction of sp³-hybridized carbons (Fsp3) is 0. The molecule has 1 aromatic heterocycles. The van der Waals surface area contributed by atoms with Crippen molar-refractivity contribution >= 4 is 60.0 Å². The number of rotatable bonds is 7. The highest BCUT2D eigenvalue weighted by Crippen LogP contribution is 2.32. The zero-order valence-corrected chi connectivity index (χ0v) is 19.3. The first-order chi connectivity index (χ1) is 16.0.